The van der Waals surface area contributed by atoms with Crippen LogP contribution < -0.4 is 5.32 Å². The fraction of sp³-hybridized carbons (Fsp3) is 0.300. The minimum Gasteiger partial charge on any atom is -0.396 e. The molecular formula is C10H11N3O2. The molecule has 1 heterocycles. The van der Waals surface area contributed by atoms with Gasteiger partial charge in [0.05, 0.1) is 5.56 Å². The van der Waals surface area contributed by atoms with Crippen LogP contribution in [0.4, 0.5) is 0 Å². The maximum atomic E-state index is 11.4. The maximum absolute atomic E-state index is 11.4. The molecule has 78 valence electrons. The van der Waals surface area contributed by atoms with Gasteiger partial charge in [-0.15, -0.1) is 0 Å². The van der Waals surface area contributed by atoms with Crippen molar-refractivity contribution in [1.29, 1.82) is 5.26 Å². The number of hydrogen-bond donors (Lipinski definition) is 2. The molecule has 0 saturated heterocycles. The predicted molar refractivity (Wildman–Crippen MR) is 53.0 cm³/mol. The summed E-state index contributed by atoms with van der Waals surface area (Å²) in [5.74, 6) is -0.250. The largest absolute Gasteiger partial charge is 0.396 e. The summed E-state index contributed by atoms with van der Waals surface area (Å²) in [6, 6.07) is 4.90. The van der Waals surface area contributed by atoms with Crippen molar-refractivity contribution in [3.63, 3.8) is 0 Å². The lowest BCUT2D eigenvalue weighted by atomic mass is 10.2. The number of pyridine rings is 1. The number of carbonyl (C=O) groups is 1. The SMILES string of the molecule is N#Cc1ccc(C(=O)NCCCO)cn1. The van der Waals surface area contributed by atoms with Crippen LogP contribution >= 0.6 is 0 Å². The van der Waals surface area contributed by atoms with Crippen molar-refractivity contribution in [1.82, 2.24) is 10.3 Å². The van der Waals surface area contributed by atoms with Crippen LogP contribution in [0.3, 0.4) is 0 Å². The molecule has 0 aromatic carbocycles. The van der Waals surface area contributed by atoms with Crippen LogP contribution in [0, 0.1) is 11.3 Å². The molecule has 15 heavy (non-hydrogen) atoms. The number of amides is 1. The van der Waals surface area contributed by atoms with Crippen LogP contribution in [-0.2, 0) is 0 Å². The van der Waals surface area contributed by atoms with Crippen LogP contribution in [-0.4, -0.2) is 29.1 Å². The highest BCUT2D eigenvalue weighted by molar-refractivity contribution is 5.93. The fourth-order valence-electron chi connectivity index (χ4n) is 0.977. The van der Waals surface area contributed by atoms with Crippen molar-refractivity contribution in [2.45, 2.75) is 6.42 Å². The second-order valence-corrected chi connectivity index (χ2v) is 2.88. The average molecular weight is 205 g/mol. The van der Waals surface area contributed by atoms with Crippen LogP contribution in [0.1, 0.15) is 22.5 Å². The predicted octanol–water partition coefficient (Wildman–Crippen LogP) is 0.0655. The second-order valence-electron chi connectivity index (χ2n) is 2.88. The molecule has 0 atom stereocenters. The van der Waals surface area contributed by atoms with Crippen molar-refractivity contribution in [2.24, 2.45) is 0 Å². The minimum atomic E-state index is -0.250. The molecule has 0 aliphatic rings. The third-order valence-electron chi connectivity index (χ3n) is 1.76. The summed E-state index contributed by atoms with van der Waals surface area (Å²) in [5.41, 5.74) is 0.689. The standard InChI is InChI=1S/C10H11N3O2/c11-6-9-3-2-8(7-13-9)10(15)12-4-1-5-14/h2-3,7,14H,1,4-5H2,(H,12,15). The van der Waals surface area contributed by atoms with Gasteiger partial charge in [0.1, 0.15) is 11.8 Å². The van der Waals surface area contributed by atoms with Crippen molar-refractivity contribution in [3.8, 4) is 6.07 Å². The van der Waals surface area contributed by atoms with E-state index < -0.39 is 0 Å². The number of nitrogens with one attached hydrogen (secondary N) is 1. The van der Waals surface area contributed by atoms with Crippen molar-refractivity contribution >= 4 is 5.91 Å². The first kappa shape index (κ1) is 11.1. The van der Waals surface area contributed by atoms with Gasteiger partial charge in [0.2, 0.25) is 0 Å². The lowest BCUT2D eigenvalue weighted by Gasteiger charge is -2.02. The van der Waals surface area contributed by atoms with Gasteiger partial charge in [-0.3, -0.25) is 4.79 Å². The summed E-state index contributed by atoms with van der Waals surface area (Å²) in [7, 11) is 0. The quantitative estimate of drug-likeness (QED) is 0.681. The molecule has 0 unspecified atom stereocenters. The molecule has 0 radical (unpaired) electrons. The smallest absolute Gasteiger partial charge is 0.252 e. The van der Waals surface area contributed by atoms with Crippen LogP contribution in [0.5, 0.6) is 0 Å². The van der Waals surface area contributed by atoms with E-state index in [0.29, 0.717) is 18.5 Å². The lowest BCUT2D eigenvalue weighted by Crippen LogP contribution is -2.25. The Morgan fingerprint density at radius 2 is 2.40 bits per heavy atom. The number of aromatic nitrogens is 1. The lowest BCUT2D eigenvalue weighted by molar-refractivity contribution is 0.0951. The van der Waals surface area contributed by atoms with Gasteiger partial charge in [-0.1, -0.05) is 0 Å². The Labute approximate surface area is 87.4 Å². The maximum Gasteiger partial charge on any atom is 0.252 e. The molecule has 1 rings (SSSR count). The van der Waals surface area contributed by atoms with Gasteiger partial charge < -0.3 is 10.4 Å². The molecule has 1 amide bonds. The van der Waals surface area contributed by atoms with Crippen LogP contribution in [0.15, 0.2) is 18.3 Å². The molecule has 0 fully saturated rings. The summed E-state index contributed by atoms with van der Waals surface area (Å²) in [4.78, 5) is 15.2. The monoisotopic (exact) mass is 205 g/mol. The number of nitrogens with zero attached hydrogens (tertiary/aromatic N) is 2. The van der Waals surface area contributed by atoms with E-state index in [0.717, 1.165) is 0 Å². The summed E-state index contributed by atoms with van der Waals surface area (Å²) >= 11 is 0. The Hall–Kier alpha value is -1.93. The number of aliphatic hydroxyl groups is 1. The molecule has 2 N–H and O–H groups in total. The highest BCUT2D eigenvalue weighted by Crippen LogP contribution is 1.98. The highest BCUT2D eigenvalue weighted by atomic mass is 16.3. The van der Waals surface area contributed by atoms with Crippen molar-refractivity contribution in [2.75, 3.05) is 13.2 Å². The highest BCUT2D eigenvalue weighted by Gasteiger charge is 2.04. The zero-order valence-electron chi connectivity index (χ0n) is 8.10. The molecule has 1 aromatic heterocycles. The van der Waals surface area contributed by atoms with Crippen molar-refractivity contribution < 1.29 is 9.90 Å². The molecule has 0 saturated carbocycles. The summed E-state index contributed by atoms with van der Waals surface area (Å²) in [5, 5.41) is 19.6. The van der Waals surface area contributed by atoms with Crippen LogP contribution in [0.25, 0.3) is 0 Å². The number of nitriles is 1. The van der Waals surface area contributed by atoms with E-state index in [-0.39, 0.29) is 18.2 Å². The normalized spacial score (nSPS) is 9.33. The van der Waals surface area contributed by atoms with E-state index in [1.54, 1.807) is 6.07 Å². The Bertz CT molecular complexity index is 367. The first-order valence-corrected chi connectivity index (χ1v) is 4.53. The number of rotatable bonds is 4. The number of aliphatic hydroxyl groups excluding tert-OH is 1. The molecule has 0 aliphatic carbocycles. The molecule has 5 heteroatoms. The van der Waals surface area contributed by atoms with Gasteiger partial charge in [0.15, 0.2) is 0 Å². The molecule has 5 nitrogen and oxygen atoms in total. The number of hydrogen-bond acceptors (Lipinski definition) is 4. The van der Waals surface area contributed by atoms with Gasteiger partial charge in [0, 0.05) is 19.3 Å². The minimum absolute atomic E-state index is 0.0475. The van der Waals surface area contributed by atoms with E-state index in [4.69, 9.17) is 10.4 Å². The Kier molecular flexibility index (Phi) is 4.26. The van der Waals surface area contributed by atoms with E-state index >= 15 is 0 Å². The summed E-state index contributed by atoms with van der Waals surface area (Å²) in [6.07, 6.45) is 1.88. The van der Waals surface area contributed by atoms with Gasteiger partial charge >= 0.3 is 0 Å². The van der Waals surface area contributed by atoms with Crippen LogP contribution in [0.2, 0.25) is 0 Å². The van der Waals surface area contributed by atoms with Gasteiger partial charge in [-0.2, -0.15) is 5.26 Å². The molecule has 0 aliphatic heterocycles. The summed E-state index contributed by atoms with van der Waals surface area (Å²) in [6.45, 7) is 0.473. The van der Waals surface area contributed by atoms with E-state index in [2.05, 4.69) is 10.3 Å². The third kappa shape index (κ3) is 3.37. The zero-order valence-corrected chi connectivity index (χ0v) is 8.10. The third-order valence-corrected chi connectivity index (χ3v) is 1.76. The first-order chi connectivity index (χ1) is 7.27. The molecule has 0 bridgehead atoms. The van der Waals surface area contributed by atoms with E-state index in [1.807, 2.05) is 6.07 Å². The van der Waals surface area contributed by atoms with Crippen molar-refractivity contribution in [3.05, 3.63) is 29.6 Å². The Balaban J connectivity index is 2.55. The zero-order chi connectivity index (χ0) is 11.1. The van der Waals surface area contributed by atoms with E-state index in [9.17, 15) is 4.79 Å². The topological polar surface area (TPSA) is 86.0 Å². The summed E-state index contributed by atoms with van der Waals surface area (Å²) < 4.78 is 0. The first-order valence-electron chi connectivity index (χ1n) is 4.53. The Morgan fingerprint density at radius 3 is 2.93 bits per heavy atom. The number of carbonyl (C=O) groups excluding carboxylic acids is 1. The molecule has 0 spiro atoms. The van der Waals surface area contributed by atoms with Gasteiger partial charge in [-0.25, -0.2) is 4.98 Å². The second kappa shape index (κ2) is 5.73. The van der Waals surface area contributed by atoms with Gasteiger partial charge in [-0.05, 0) is 18.6 Å². The molecule has 1 aromatic rings. The Morgan fingerprint density at radius 1 is 1.60 bits per heavy atom. The van der Waals surface area contributed by atoms with E-state index in [1.165, 1.54) is 12.3 Å². The fourth-order valence-corrected chi connectivity index (χ4v) is 0.977. The molecular weight excluding hydrogens is 194 g/mol. The van der Waals surface area contributed by atoms with Gasteiger partial charge in [0.25, 0.3) is 5.91 Å². The average Bonchev–Trinajstić information content (AvgIpc) is 2.29.